The van der Waals surface area contributed by atoms with Gasteiger partial charge in [-0.2, -0.15) is 4.31 Å². The average Bonchev–Trinajstić information content (AvgIpc) is 3.18. The topological polar surface area (TPSA) is 314 Å². The van der Waals surface area contributed by atoms with Crippen LogP contribution in [0.3, 0.4) is 0 Å². The zero-order chi connectivity index (χ0) is 29.1. The normalized spacial score (nSPS) is 33.9. The number of phosphoric acid groups is 2. The minimum absolute atomic E-state index is 0.301. The molecule has 2 saturated heterocycles. The van der Waals surface area contributed by atoms with Crippen molar-refractivity contribution in [1.82, 2.24) is 14.9 Å². The van der Waals surface area contributed by atoms with Gasteiger partial charge in [0.15, 0.2) is 12.6 Å². The second-order valence-corrected chi connectivity index (χ2v) is 11.1. The molecule has 0 saturated carbocycles. The fourth-order valence-corrected chi connectivity index (χ4v) is 5.95. The van der Waals surface area contributed by atoms with E-state index in [1.54, 1.807) is 0 Å². The van der Waals surface area contributed by atoms with E-state index in [-0.39, 0.29) is 6.42 Å². The summed E-state index contributed by atoms with van der Waals surface area (Å²) in [5.41, 5.74) is 7.13. The lowest BCUT2D eigenvalue weighted by Gasteiger charge is -2.42. The van der Waals surface area contributed by atoms with Crippen molar-refractivity contribution < 1.29 is 61.9 Å². The number of hydrogen-bond donors (Lipinski definition) is 7. The maximum Gasteiger partial charge on any atom is 0.483 e. The second kappa shape index (κ2) is 12.4. The van der Waals surface area contributed by atoms with E-state index in [0.717, 1.165) is 23.8 Å². The molecule has 3 heterocycles. The van der Waals surface area contributed by atoms with Gasteiger partial charge in [0, 0.05) is 30.5 Å². The van der Waals surface area contributed by atoms with Crippen molar-refractivity contribution in [3.8, 4) is 0 Å². The zero-order valence-corrected chi connectivity index (χ0v) is 21.5. The highest BCUT2D eigenvalue weighted by atomic mass is 31.3. The summed E-state index contributed by atoms with van der Waals surface area (Å²) >= 11 is 0. The lowest BCUT2D eigenvalue weighted by molar-refractivity contribution is -0.247. The third kappa shape index (κ3) is 7.80. The lowest BCUT2D eigenvalue weighted by Crippen LogP contribution is -2.64. The summed E-state index contributed by atoms with van der Waals surface area (Å²) in [6.45, 7) is 0.0950. The number of aromatic amines is 1. The highest BCUT2D eigenvalue weighted by Crippen LogP contribution is 2.62. The number of ether oxygens (including phenoxy) is 2. The number of nitrogens with one attached hydrogen (secondary N) is 2. The molecule has 2 aliphatic rings. The molecule has 23 heteroatoms. The maximum absolute atomic E-state index is 12.6. The quantitative estimate of drug-likeness (QED) is 0.0638. The van der Waals surface area contributed by atoms with Crippen LogP contribution in [0, 0.1) is 0 Å². The van der Waals surface area contributed by atoms with Gasteiger partial charge in [0.1, 0.15) is 30.6 Å². The van der Waals surface area contributed by atoms with Crippen molar-refractivity contribution in [2.75, 3.05) is 6.61 Å². The van der Waals surface area contributed by atoms with E-state index in [0.29, 0.717) is 0 Å². The Morgan fingerprint density at radius 3 is 2.44 bits per heavy atom. The fourth-order valence-electron chi connectivity index (χ4n) is 3.71. The first-order valence-electron chi connectivity index (χ1n) is 10.8. The van der Waals surface area contributed by atoms with Gasteiger partial charge in [-0.1, -0.05) is 5.11 Å². The van der Waals surface area contributed by atoms with Crippen molar-refractivity contribution in [2.45, 2.75) is 62.5 Å². The Morgan fingerprint density at radius 1 is 1.23 bits per heavy atom. The molecule has 10 unspecified atom stereocenters. The smallest absolute Gasteiger partial charge is 0.394 e. The van der Waals surface area contributed by atoms with Gasteiger partial charge < -0.3 is 39.9 Å². The van der Waals surface area contributed by atoms with Crippen LogP contribution in [0.1, 0.15) is 19.6 Å². The number of carbonyl (C=O) groups is 1. The highest BCUT2D eigenvalue weighted by molar-refractivity contribution is 7.61. The van der Waals surface area contributed by atoms with E-state index in [1.165, 1.54) is 0 Å². The third-order valence-corrected chi connectivity index (χ3v) is 7.94. The Labute approximate surface area is 216 Å². The largest absolute Gasteiger partial charge is 0.483 e. The minimum Gasteiger partial charge on any atom is -0.394 e. The Hall–Kier alpha value is -2.48. The van der Waals surface area contributed by atoms with E-state index in [4.69, 9.17) is 24.1 Å². The van der Waals surface area contributed by atoms with E-state index in [1.807, 2.05) is 4.98 Å². The highest BCUT2D eigenvalue weighted by Gasteiger charge is 2.50. The van der Waals surface area contributed by atoms with Crippen LogP contribution in [0.5, 0.6) is 0 Å². The van der Waals surface area contributed by atoms with Gasteiger partial charge in [0.2, 0.25) is 5.91 Å². The second-order valence-electron chi connectivity index (χ2n) is 8.15. The Balaban J connectivity index is 1.75. The zero-order valence-electron chi connectivity index (χ0n) is 19.7. The van der Waals surface area contributed by atoms with Crippen molar-refractivity contribution in [2.24, 2.45) is 5.11 Å². The number of phosphoric ester groups is 2. The van der Waals surface area contributed by atoms with E-state index >= 15 is 0 Å². The summed E-state index contributed by atoms with van der Waals surface area (Å²) in [7, 11) is -11.3. The molecule has 1 aromatic rings. The first-order valence-corrected chi connectivity index (χ1v) is 13.8. The summed E-state index contributed by atoms with van der Waals surface area (Å²) < 4.78 is 50.0. The maximum atomic E-state index is 12.6. The number of aromatic nitrogens is 2. The van der Waals surface area contributed by atoms with Crippen LogP contribution in [-0.4, -0.2) is 90.1 Å². The van der Waals surface area contributed by atoms with Crippen LogP contribution < -0.4 is 16.6 Å². The predicted molar refractivity (Wildman–Crippen MR) is 121 cm³/mol. The number of aliphatic hydroxyl groups is 3. The standard InChI is InChI=1S/C16H24N6O15P2/c1-6(24)18-11-13(27)12(26)8(5-23)33-15(11)36-39(31,32)37-38(29,30)35-14-7(20-21-17)4-10(34-14)22-3-2-9(25)19-16(22)28/h2-3,7-8,10-15,23,26-27H,4-5H2,1H3,(H,18,24)(H,29,30)(H,31,32)(H,19,25,28). The molecule has 0 aromatic carbocycles. The molecule has 2 aliphatic heterocycles. The molecule has 1 amide bonds. The molecule has 0 bridgehead atoms. The molecule has 21 nitrogen and oxygen atoms in total. The van der Waals surface area contributed by atoms with Crippen LogP contribution >= 0.6 is 15.6 Å². The van der Waals surface area contributed by atoms with Gasteiger partial charge in [0.05, 0.1) is 12.6 Å². The van der Waals surface area contributed by atoms with Gasteiger partial charge >= 0.3 is 21.3 Å². The number of carbonyl (C=O) groups excluding carboxylic acids is 1. The number of amides is 1. The summed E-state index contributed by atoms with van der Waals surface area (Å²) in [6, 6.07) is -2.10. The lowest BCUT2D eigenvalue weighted by atomic mass is 9.97. The van der Waals surface area contributed by atoms with Gasteiger partial charge in [0.25, 0.3) is 5.56 Å². The molecule has 39 heavy (non-hydrogen) atoms. The number of H-pyrrole nitrogens is 1. The van der Waals surface area contributed by atoms with Crippen molar-refractivity contribution in [1.29, 1.82) is 0 Å². The molecule has 1 aromatic heterocycles. The van der Waals surface area contributed by atoms with E-state index < -0.39 is 88.6 Å². The van der Waals surface area contributed by atoms with Crippen LogP contribution in [0.4, 0.5) is 0 Å². The summed E-state index contributed by atoms with van der Waals surface area (Å²) in [4.78, 5) is 59.5. The number of azide groups is 1. The fraction of sp³-hybridized carbons (Fsp3) is 0.688. The number of aliphatic hydroxyl groups excluding tert-OH is 3. The number of nitrogens with zero attached hydrogens (tertiary/aromatic N) is 4. The van der Waals surface area contributed by atoms with E-state index in [9.17, 15) is 48.6 Å². The SMILES string of the molecule is CC(=O)NC1C(OP(=O)(O)OP(=O)(O)OC2OC(n3ccc(=O)[nH]c3=O)CC2N=[N+]=[N-])OC(CO)C(O)C1O. The van der Waals surface area contributed by atoms with Crippen LogP contribution in [0.15, 0.2) is 27.0 Å². The van der Waals surface area contributed by atoms with Crippen molar-refractivity contribution >= 4 is 21.6 Å². The molecule has 218 valence electrons. The van der Waals surface area contributed by atoms with Crippen molar-refractivity contribution in [3.63, 3.8) is 0 Å². The number of hydrogen-bond acceptors (Lipinski definition) is 14. The monoisotopic (exact) mass is 602 g/mol. The van der Waals surface area contributed by atoms with Crippen LogP contribution in [0.2, 0.25) is 0 Å². The third-order valence-electron chi connectivity index (χ3n) is 5.34. The molecular formula is C16H24N6O15P2. The van der Waals surface area contributed by atoms with Crippen LogP contribution in [-0.2, 0) is 36.8 Å². The first kappa shape index (κ1) is 31.1. The molecule has 3 rings (SSSR count). The Kier molecular flexibility index (Phi) is 9.84. The Morgan fingerprint density at radius 2 is 1.87 bits per heavy atom. The summed E-state index contributed by atoms with van der Waals surface area (Å²) in [5, 5.41) is 35.0. The van der Waals surface area contributed by atoms with Crippen LogP contribution in [0.25, 0.3) is 10.4 Å². The molecule has 0 radical (unpaired) electrons. The van der Waals surface area contributed by atoms with Gasteiger partial charge in [-0.05, 0) is 5.53 Å². The minimum atomic E-state index is -5.67. The van der Waals surface area contributed by atoms with Gasteiger partial charge in [-0.15, -0.1) is 0 Å². The summed E-state index contributed by atoms with van der Waals surface area (Å²) in [6.07, 6.45) is -9.74. The van der Waals surface area contributed by atoms with Crippen molar-refractivity contribution in [3.05, 3.63) is 43.5 Å². The molecule has 7 N–H and O–H groups in total. The molecule has 0 aliphatic carbocycles. The van der Waals surface area contributed by atoms with Gasteiger partial charge in [-0.25, -0.2) is 13.9 Å². The average molecular weight is 602 g/mol. The Bertz CT molecular complexity index is 1320. The molecular weight excluding hydrogens is 578 g/mol. The first-order chi connectivity index (χ1) is 18.2. The predicted octanol–water partition coefficient (Wildman–Crippen LogP) is -2.35. The molecule has 10 atom stereocenters. The van der Waals surface area contributed by atoms with E-state index in [2.05, 4.69) is 19.7 Å². The van der Waals surface area contributed by atoms with Gasteiger partial charge in [-0.3, -0.25) is 28.2 Å². The molecule has 0 spiro atoms. The summed E-state index contributed by atoms with van der Waals surface area (Å²) in [5.74, 6) is -0.797. The molecule has 2 fully saturated rings. The number of rotatable bonds is 10.